The summed E-state index contributed by atoms with van der Waals surface area (Å²) in [5.74, 6) is -0.0202. The van der Waals surface area contributed by atoms with E-state index in [9.17, 15) is 4.79 Å². The monoisotopic (exact) mass is 172 g/mol. The Labute approximate surface area is 72.5 Å². The lowest BCUT2D eigenvalue weighted by molar-refractivity contribution is -0.126. The van der Waals surface area contributed by atoms with E-state index in [1.807, 2.05) is 0 Å². The van der Waals surface area contributed by atoms with Crippen LogP contribution in [-0.2, 0) is 9.53 Å². The van der Waals surface area contributed by atoms with Gasteiger partial charge in [-0.3, -0.25) is 4.79 Å². The van der Waals surface area contributed by atoms with E-state index >= 15 is 0 Å². The van der Waals surface area contributed by atoms with E-state index in [0.29, 0.717) is 19.2 Å². The smallest absolute Gasteiger partial charge is 0.246 e. The molecule has 1 aliphatic carbocycles. The number of nitrogens with one attached hydrogen (secondary N) is 1. The van der Waals surface area contributed by atoms with E-state index in [1.54, 1.807) is 0 Å². The molecule has 70 valence electrons. The molecular formula is C8H16N2O2. The zero-order valence-electron chi connectivity index (χ0n) is 7.21. The average Bonchev–Trinajstić information content (AvgIpc) is 1.98. The maximum atomic E-state index is 11.0. The molecule has 12 heavy (non-hydrogen) atoms. The molecule has 4 heteroatoms. The number of amides is 1. The molecule has 0 aromatic rings. The Morgan fingerprint density at radius 2 is 2.33 bits per heavy atom. The Balaban J connectivity index is 1.95. The van der Waals surface area contributed by atoms with Crippen LogP contribution in [0.15, 0.2) is 0 Å². The molecule has 0 aromatic carbocycles. The molecule has 3 N–H and O–H groups in total. The first-order valence-electron chi connectivity index (χ1n) is 4.40. The third kappa shape index (κ3) is 3.19. The van der Waals surface area contributed by atoms with Crippen molar-refractivity contribution in [1.29, 1.82) is 0 Å². The van der Waals surface area contributed by atoms with E-state index < -0.39 is 0 Å². The molecule has 0 aromatic heterocycles. The number of carbonyl (C=O) groups is 1. The fourth-order valence-corrected chi connectivity index (χ4v) is 1.07. The topological polar surface area (TPSA) is 64.3 Å². The lowest BCUT2D eigenvalue weighted by Gasteiger charge is -2.26. The van der Waals surface area contributed by atoms with Gasteiger partial charge in [-0.15, -0.1) is 0 Å². The highest BCUT2D eigenvalue weighted by Crippen LogP contribution is 2.17. The lowest BCUT2D eigenvalue weighted by Crippen LogP contribution is -2.41. The largest absolute Gasteiger partial charge is 0.370 e. The lowest BCUT2D eigenvalue weighted by atomic mass is 9.93. The van der Waals surface area contributed by atoms with E-state index in [1.165, 1.54) is 6.42 Å². The van der Waals surface area contributed by atoms with Crippen LogP contribution in [-0.4, -0.2) is 31.7 Å². The van der Waals surface area contributed by atoms with Crippen molar-refractivity contribution in [2.24, 2.45) is 5.73 Å². The molecule has 1 saturated carbocycles. The van der Waals surface area contributed by atoms with E-state index in [0.717, 1.165) is 12.8 Å². The molecule has 0 aliphatic heterocycles. The molecule has 0 unspecified atom stereocenters. The number of carbonyl (C=O) groups excluding carboxylic acids is 1. The first-order valence-corrected chi connectivity index (χ1v) is 4.40. The number of hydrogen-bond acceptors (Lipinski definition) is 3. The maximum absolute atomic E-state index is 11.0. The minimum atomic E-state index is -0.0202. The molecule has 0 saturated heterocycles. The Morgan fingerprint density at radius 1 is 1.58 bits per heavy atom. The van der Waals surface area contributed by atoms with Gasteiger partial charge in [0, 0.05) is 12.6 Å². The highest BCUT2D eigenvalue weighted by atomic mass is 16.5. The van der Waals surface area contributed by atoms with Crippen molar-refractivity contribution in [3.63, 3.8) is 0 Å². The SMILES string of the molecule is NCCOCC(=O)NC1CCC1. The molecule has 0 heterocycles. The summed E-state index contributed by atoms with van der Waals surface area (Å²) in [6.45, 7) is 1.07. The van der Waals surface area contributed by atoms with Gasteiger partial charge in [0.05, 0.1) is 6.61 Å². The van der Waals surface area contributed by atoms with Gasteiger partial charge in [0.25, 0.3) is 0 Å². The fourth-order valence-electron chi connectivity index (χ4n) is 1.07. The fraction of sp³-hybridized carbons (Fsp3) is 0.875. The van der Waals surface area contributed by atoms with Gasteiger partial charge in [-0.2, -0.15) is 0 Å². The standard InChI is InChI=1S/C8H16N2O2/c9-4-5-12-6-8(11)10-7-2-1-3-7/h7H,1-6,9H2,(H,10,11). The molecule has 1 rings (SSSR count). The third-order valence-electron chi connectivity index (χ3n) is 1.97. The summed E-state index contributed by atoms with van der Waals surface area (Å²) in [5.41, 5.74) is 5.20. The molecule has 4 nitrogen and oxygen atoms in total. The van der Waals surface area contributed by atoms with Crippen LogP contribution in [0.25, 0.3) is 0 Å². The third-order valence-corrected chi connectivity index (χ3v) is 1.97. The number of nitrogens with two attached hydrogens (primary N) is 1. The van der Waals surface area contributed by atoms with Crippen molar-refractivity contribution >= 4 is 5.91 Å². The molecule has 0 spiro atoms. The first kappa shape index (κ1) is 9.48. The highest BCUT2D eigenvalue weighted by molar-refractivity contribution is 5.77. The second-order valence-electron chi connectivity index (χ2n) is 3.04. The van der Waals surface area contributed by atoms with Crippen LogP contribution in [0.4, 0.5) is 0 Å². The maximum Gasteiger partial charge on any atom is 0.246 e. The van der Waals surface area contributed by atoms with Gasteiger partial charge in [0.15, 0.2) is 0 Å². The van der Waals surface area contributed by atoms with Crippen LogP contribution in [0.2, 0.25) is 0 Å². The van der Waals surface area contributed by atoms with Crippen LogP contribution < -0.4 is 11.1 Å². The number of rotatable bonds is 5. The number of ether oxygens (including phenoxy) is 1. The minimum absolute atomic E-state index is 0.0202. The van der Waals surface area contributed by atoms with Crippen molar-refractivity contribution in [2.75, 3.05) is 19.8 Å². The Kier molecular flexibility index (Phi) is 4.04. The van der Waals surface area contributed by atoms with Crippen molar-refractivity contribution in [3.05, 3.63) is 0 Å². The predicted octanol–water partition coefficient (Wildman–Crippen LogP) is -0.370. The number of hydrogen-bond donors (Lipinski definition) is 2. The quantitative estimate of drug-likeness (QED) is 0.556. The van der Waals surface area contributed by atoms with Crippen molar-refractivity contribution in [3.8, 4) is 0 Å². The summed E-state index contributed by atoms with van der Waals surface area (Å²) in [7, 11) is 0. The molecule has 0 radical (unpaired) electrons. The minimum Gasteiger partial charge on any atom is -0.370 e. The zero-order chi connectivity index (χ0) is 8.81. The predicted molar refractivity (Wildman–Crippen MR) is 45.7 cm³/mol. The molecule has 1 aliphatic rings. The summed E-state index contributed by atoms with van der Waals surface area (Å²) in [6, 6.07) is 0.402. The van der Waals surface area contributed by atoms with Gasteiger partial charge in [-0.25, -0.2) is 0 Å². The molecule has 1 fully saturated rings. The van der Waals surface area contributed by atoms with Gasteiger partial charge < -0.3 is 15.8 Å². The molecule has 1 amide bonds. The van der Waals surface area contributed by atoms with Gasteiger partial charge >= 0.3 is 0 Å². The summed E-state index contributed by atoms with van der Waals surface area (Å²) in [5, 5.41) is 2.87. The van der Waals surface area contributed by atoms with Crippen molar-refractivity contribution in [2.45, 2.75) is 25.3 Å². The van der Waals surface area contributed by atoms with Crippen LogP contribution in [0, 0.1) is 0 Å². The summed E-state index contributed by atoms with van der Waals surface area (Å²) in [4.78, 5) is 11.0. The van der Waals surface area contributed by atoms with E-state index in [2.05, 4.69) is 5.32 Å². The van der Waals surface area contributed by atoms with Gasteiger partial charge in [-0.05, 0) is 19.3 Å². The zero-order valence-corrected chi connectivity index (χ0v) is 7.21. The summed E-state index contributed by atoms with van der Waals surface area (Å²) < 4.78 is 4.98. The highest BCUT2D eigenvalue weighted by Gasteiger charge is 2.18. The Morgan fingerprint density at radius 3 is 2.83 bits per heavy atom. The van der Waals surface area contributed by atoms with E-state index in [4.69, 9.17) is 10.5 Å². The molecule has 0 bridgehead atoms. The van der Waals surface area contributed by atoms with Crippen LogP contribution in [0.1, 0.15) is 19.3 Å². The summed E-state index contributed by atoms with van der Waals surface area (Å²) >= 11 is 0. The molecular weight excluding hydrogens is 156 g/mol. The second-order valence-corrected chi connectivity index (χ2v) is 3.04. The molecule has 0 atom stereocenters. The second kappa shape index (κ2) is 5.11. The van der Waals surface area contributed by atoms with Crippen molar-refractivity contribution in [1.82, 2.24) is 5.32 Å². The first-order chi connectivity index (χ1) is 5.83. The van der Waals surface area contributed by atoms with Gasteiger partial charge in [-0.1, -0.05) is 0 Å². The van der Waals surface area contributed by atoms with Crippen LogP contribution in [0.3, 0.4) is 0 Å². The average molecular weight is 172 g/mol. The van der Waals surface area contributed by atoms with Crippen LogP contribution >= 0.6 is 0 Å². The Bertz CT molecular complexity index is 146. The Hall–Kier alpha value is -0.610. The van der Waals surface area contributed by atoms with Gasteiger partial charge in [0.1, 0.15) is 6.61 Å². The van der Waals surface area contributed by atoms with E-state index in [-0.39, 0.29) is 12.5 Å². The van der Waals surface area contributed by atoms with Gasteiger partial charge in [0.2, 0.25) is 5.91 Å². The van der Waals surface area contributed by atoms with Crippen molar-refractivity contribution < 1.29 is 9.53 Å². The van der Waals surface area contributed by atoms with Crippen LogP contribution in [0.5, 0.6) is 0 Å². The summed E-state index contributed by atoms with van der Waals surface area (Å²) in [6.07, 6.45) is 3.46. The normalized spacial score (nSPS) is 17.1.